The number of nitrogens with zero attached hydrogens (tertiary/aromatic N) is 4. The maximum Gasteiger partial charge on any atom is 0.255 e. The molecule has 0 bridgehead atoms. The molecule has 3 heterocycles. The highest BCUT2D eigenvalue weighted by atomic mass is 32.2. The number of anilines is 4. The Balaban J connectivity index is 1.44. The molecule has 236 valence electrons. The van der Waals surface area contributed by atoms with Crippen LogP contribution in [0.4, 0.5) is 22.9 Å². The number of carbonyl (C=O) groups is 1. The minimum absolute atomic E-state index is 0.127. The van der Waals surface area contributed by atoms with Gasteiger partial charge in [-0.2, -0.15) is 0 Å². The van der Waals surface area contributed by atoms with Crippen molar-refractivity contribution in [2.75, 3.05) is 41.8 Å². The number of hydrogen-bond acceptors (Lipinski definition) is 9. The maximum atomic E-state index is 13.7. The summed E-state index contributed by atoms with van der Waals surface area (Å²) < 4.78 is 9.02. The van der Waals surface area contributed by atoms with Crippen LogP contribution in [0.25, 0.3) is 16.6 Å². The third-order valence-electron chi connectivity index (χ3n) is 8.15. The number of aryl methyl sites for hydroxylation is 1. The number of amides is 1. The van der Waals surface area contributed by atoms with E-state index in [1.807, 2.05) is 49.6 Å². The Morgan fingerprint density at radius 3 is 2.49 bits per heavy atom. The number of rotatable bonds is 9. The van der Waals surface area contributed by atoms with Gasteiger partial charge in [0.05, 0.1) is 29.7 Å². The Kier molecular flexibility index (Phi) is 9.65. The highest BCUT2D eigenvalue weighted by molar-refractivity contribution is 7.99. The molecule has 0 unspecified atom stereocenters. The maximum absolute atomic E-state index is 13.7. The Morgan fingerprint density at radius 1 is 1.04 bits per heavy atom. The predicted octanol–water partition coefficient (Wildman–Crippen LogP) is 7.82. The number of aromatic nitrogens is 3. The number of pyridine rings is 1. The SMILES string of the molecule is COc1c(NSC)cc(C(C)(C)C)cc1NC(=O)c1ccc(C)c(Nc2ncnc3ccc(C4=CCN(C(C)C)CC4)nc23)c1. The molecule has 1 aliphatic rings. The largest absolute Gasteiger partial charge is 0.492 e. The third-order valence-corrected chi connectivity index (χ3v) is 8.58. The van der Waals surface area contributed by atoms with Crippen LogP contribution in [0, 0.1) is 6.92 Å². The van der Waals surface area contributed by atoms with Gasteiger partial charge in [-0.15, -0.1) is 0 Å². The molecule has 3 N–H and O–H groups in total. The van der Waals surface area contributed by atoms with Gasteiger partial charge in [-0.05, 0) is 85.7 Å². The summed E-state index contributed by atoms with van der Waals surface area (Å²) in [5, 5.41) is 6.54. The van der Waals surface area contributed by atoms with Gasteiger partial charge in [0.25, 0.3) is 5.91 Å². The van der Waals surface area contributed by atoms with E-state index in [-0.39, 0.29) is 11.3 Å². The molecule has 2 aromatic carbocycles. The zero-order valence-electron chi connectivity index (χ0n) is 27.4. The van der Waals surface area contributed by atoms with Crippen molar-refractivity contribution >= 4 is 57.3 Å². The quantitative estimate of drug-likeness (QED) is 0.161. The molecule has 2 aromatic heterocycles. The molecule has 4 aromatic rings. The highest BCUT2D eigenvalue weighted by Gasteiger charge is 2.22. The Bertz CT molecular complexity index is 1750. The fourth-order valence-corrected chi connectivity index (χ4v) is 5.75. The first-order valence-corrected chi connectivity index (χ1v) is 16.5. The van der Waals surface area contributed by atoms with Gasteiger partial charge in [-0.1, -0.05) is 44.9 Å². The normalized spacial score (nSPS) is 13.9. The molecular weight excluding hydrogens is 582 g/mol. The molecule has 1 aliphatic heterocycles. The summed E-state index contributed by atoms with van der Waals surface area (Å²) in [5.74, 6) is 0.927. The lowest BCUT2D eigenvalue weighted by molar-refractivity contribution is 0.102. The zero-order valence-corrected chi connectivity index (χ0v) is 28.2. The van der Waals surface area contributed by atoms with Crippen LogP contribution in [0.5, 0.6) is 5.75 Å². The lowest BCUT2D eigenvalue weighted by Crippen LogP contribution is -2.34. The van der Waals surface area contributed by atoms with E-state index in [2.05, 4.69) is 77.0 Å². The van der Waals surface area contributed by atoms with Crippen molar-refractivity contribution in [3.63, 3.8) is 0 Å². The summed E-state index contributed by atoms with van der Waals surface area (Å²) in [4.78, 5) is 30.1. The first-order valence-electron chi connectivity index (χ1n) is 15.2. The second-order valence-corrected chi connectivity index (χ2v) is 13.2. The van der Waals surface area contributed by atoms with Gasteiger partial charge in [0.15, 0.2) is 11.6 Å². The average molecular weight is 626 g/mol. The van der Waals surface area contributed by atoms with Crippen molar-refractivity contribution in [2.45, 2.75) is 59.4 Å². The van der Waals surface area contributed by atoms with E-state index in [9.17, 15) is 4.79 Å². The molecular formula is C35H43N7O2S. The monoisotopic (exact) mass is 625 g/mol. The zero-order chi connectivity index (χ0) is 32.3. The molecule has 10 heteroatoms. The predicted molar refractivity (Wildman–Crippen MR) is 188 cm³/mol. The van der Waals surface area contributed by atoms with Gasteiger partial charge in [-0.25, -0.2) is 15.0 Å². The van der Waals surface area contributed by atoms with Crippen LogP contribution in [-0.4, -0.2) is 58.3 Å². The van der Waals surface area contributed by atoms with Crippen molar-refractivity contribution < 1.29 is 9.53 Å². The molecule has 0 fully saturated rings. The fraction of sp³-hybridized carbons (Fsp3) is 0.371. The number of fused-ring (bicyclic) bond motifs is 1. The van der Waals surface area contributed by atoms with Crippen molar-refractivity contribution in [3.8, 4) is 5.75 Å². The minimum Gasteiger partial charge on any atom is -0.492 e. The Hall–Kier alpha value is -4.15. The van der Waals surface area contributed by atoms with Gasteiger partial charge in [0, 0.05) is 36.6 Å². The standard InChI is InChI=1S/C35H43N7O2S/c1-21(2)42-15-13-23(14-16-42)26-11-12-27-31(38-26)33(37-20-36-27)39-28-17-24(10-9-22(28)3)34(43)40-29-18-25(35(4,5)6)19-30(41-45-8)32(29)44-7/h9-13,17-21,41H,14-16H2,1-8H3,(H,40,43)(H,36,37,39). The van der Waals surface area contributed by atoms with Crippen molar-refractivity contribution in [1.82, 2.24) is 19.9 Å². The summed E-state index contributed by atoms with van der Waals surface area (Å²) in [6.45, 7) is 14.8. The number of hydrogen-bond donors (Lipinski definition) is 3. The number of nitrogens with one attached hydrogen (secondary N) is 3. The van der Waals surface area contributed by atoms with E-state index in [0.717, 1.165) is 53.2 Å². The smallest absolute Gasteiger partial charge is 0.255 e. The summed E-state index contributed by atoms with van der Waals surface area (Å²) in [6.07, 6.45) is 6.70. The minimum atomic E-state index is -0.245. The summed E-state index contributed by atoms with van der Waals surface area (Å²) in [5.41, 5.74) is 8.21. The van der Waals surface area contributed by atoms with Crippen molar-refractivity contribution in [2.24, 2.45) is 0 Å². The first kappa shape index (κ1) is 32.2. The fourth-order valence-electron chi connectivity index (χ4n) is 5.38. The van der Waals surface area contributed by atoms with E-state index in [1.54, 1.807) is 7.11 Å². The van der Waals surface area contributed by atoms with E-state index in [1.165, 1.54) is 23.8 Å². The lowest BCUT2D eigenvalue weighted by atomic mass is 9.86. The molecule has 0 aliphatic carbocycles. The molecule has 45 heavy (non-hydrogen) atoms. The summed E-state index contributed by atoms with van der Waals surface area (Å²) in [6, 6.07) is 14.2. The van der Waals surface area contributed by atoms with Crippen molar-refractivity contribution in [3.05, 3.63) is 77.3 Å². The van der Waals surface area contributed by atoms with Gasteiger partial charge in [0.1, 0.15) is 11.8 Å². The Morgan fingerprint density at radius 2 is 1.82 bits per heavy atom. The molecule has 0 radical (unpaired) electrons. The second-order valence-electron chi connectivity index (χ2n) is 12.6. The van der Waals surface area contributed by atoms with Crippen LogP contribution in [0.15, 0.2) is 54.9 Å². The van der Waals surface area contributed by atoms with Crippen molar-refractivity contribution in [1.29, 1.82) is 0 Å². The lowest BCUT2D eigenvalue weighted by Gasteiger charge is -2.29. The first-order chi connectivity index (χ1) is 21.5. The van der Waals surface area contributed by atoms with E-state index >= 15 is 0 Å². The van der Waals surface area contributed by atoms with E-state index < -0.39 is 0 Å². The third kappa shape index (κ3) is 7.23. The summed E-state index contributed by atoms with van der Waals surface area (Å²) >= 11 is 1.47. The van der Waals surface area contributed by atoms with Crippen LogP contribution < -0.4 is 20.1 Å². The van der Waals surface area contributed by atoms with Crippen LogP contribution in [0.1, 0.15) is 68.2 Å². The van der Waals surface area contributed by atoms with Gasteiger partial charge in [-0.3, -0.25) is 9.69 Å². The molecule has 5 rings (SSSR count). The van der Waals surface area contributed by atoms with Crippen LogP contribution in [0.2, 0.25) is 0 Å². The topological polar surface area (TPSA) is 104 Å². The van der Waals surface area contributed by atoms with Crippen LogP contribution in [-0.2, 0) is 5.41 Å². The van der Waals surface area contributed by atoms with E-state index in [0.29, 0.717) is 34.4 Å². The van der Waals surface area contributed by atoms with Gasteiger partial charge < -0.3 is 20.1 Å². The number of carbonyl (C=O) groups excluding carboxylic acids is 1. The van der Waals surface area contributed by atoms with Gasteiger partial charge >= 0.3 is 0 Å². The van der Waals surface area contributed by atoms with Crippen LogP contribution >= 0.6 is 11.9 Å². The summed E-state index contributed by atoms with van der Waals surface area (Å²) in [7, 11) is 1.61. The number of methoxy groups -OCH3 is 1. The molecule has 1 amide bonds. The molecule has 0 spiro atoms. The van der Waals surface area contributed by atoms with Gasteiger partial charge in [0.2, 0.25) is 0 Å². The highest BCUT2D eigenvalue weighted by Crippen LogP contribution is 2.40. The molecule has 0 saturated carbocycles. The second kappa shape index (κ2) is 13.5. The average Bonchev–Trinajstić information content (AvgIpc) is 3.01. The molecule has 9 nitrogen and oxygen atoms in total. The van der Waals surface area contributed by atoms with Crippen LogP contribution in [0.3, 0.4) is 0 Å². The van der Waals surface area contributed by atoms with E-state index in [4.69, 9.17) is 9.72 Å². The number of ether oxygens (including phenoxy) is 1. The number of benzene rings is 2. The Labute approximate surface area is 270 Å². The molecule has 0 saturated heterocycles. The molecule has 0 atom stereocenters.